The van der Waals surface area contributed by atoms with Crippen LogP contribution < -0.4 is 5.06 Å². The van der Waals surface area contributed by atoms with Crippen molar-refractivity contribution in [3.05, 3.63) is 22.4 Å². The lowest BCUT2D eigenvalue weighted by Gasteiger charge is -2.38. The van der Waals surface area contributed by atoms with Crippen molar-refractivity contribution in [2.75, 3.05) is 18.2 Å². The Kier molecular flexibility index (Phi) is 3.29. The first-order valence-electron chi connectivity index (χ1n) is 5.19. The van der Waals surface area contributed by atoms with Crippen molar-refractivity contribution in [3.8, 4) is 0 Å². The minimum absolute atomic E-state index is 0.240. The van der Waals surface area contributed by atoms with Gasteiger partial charge in [-0.05, 0) is 17.9 Å². The highest BCUT2D eigenvalue weighted by Crippen LogP contribution is 2.31. The zero-order valence-electron chi connectivity index (χ0n) is 9.33. The van der Waals surface area contributed by atoms with Crippen molar-refractivity contribution in [2.45, 2.75) is 20.3 Å². The lowest BCUT2D eigenvalue weighted by atomic mass is 9.89. The van der Waals surface area contributed by atoms with Gasteiger partial charge in [-0.3, -0.25) is 9.90 Å². The third kappa shape index (κ3) is 2.59. The maximum atomic E-state index is 5.93. The fourth-order valence-electron chi connectivity index (χ4n) is 1.66. The predicted octanol–water partition coefficient (Wildman–Crippen LogP) is 3.56. The standard InChI is InChI=1S/C11H14Cl2N2O/c1-11(2)3-4-16-15(7-11)8-5-9(12)10(13)14-6-8/h5-6H,3-4,7H2,1-2H3. The predicted molar refractivity (Wildman–Crippen MR) is 66.0 cm³/mol. The maximum absolute atomic E-state index is 5.93. The van der Waals surface area contributed by atoms with Gasteiger partial charge >= 0.3 is 0 Å². The zero-order valence-corrected chi connectivity index (χ0v) is 10.8. The molecule has 0 radical (unpaired) electrons. The van der Waals surface area contributed by atoms with Crippen molar-refractivity contribution in [1.82, 2.24) is 4.98 Å². The molecule has 0 spiro atoms. The second-order valence-electron chi connectivity index (χ2n) is 4.75. The minimum Gasteiger partial charge on any atom is -0.273 e. The highest BCUT2D eigenvalue weighted by atomic mass is 35.5. The number of pyridine rings is 1. The molecule has 0 amide bonds. The quantitative estimate of drug-likeness (QED) is 0.723. The molecule has 0 unspecified atom stereocenters. The van der Waals surface area contributed by atoms with Crippen LogP contribution in [0.5, 0.6) is 0 Å². The third-order valence-corrected chi connectivity index (χ3v) is 3.35. The van der Waals surface area contributed by atoms with E-state index in [1.807, 2.05) is 5.06 Å². The van der Waals surface area contributed by atoms with Crippen LogP contribution in [-0.4, -0.2) is 18.1 Å². The molecule has 2 heterocycles. The smallest absolute Gasteiger partial charge is 0.147 e. The average molecular weight is 261 g/mol. The van der Waals surface area contributed by atoms with Gasteiger partial charge in [-0.1, -0.05) is 37.0 Å². The Morgan fingerprint density at radius 1 is 1.44 bits per heavy atom. The Morgan fingerprint density at radius 2 is 2.19 bits per heavy atom. The van der Waals surface area contributed by atoms with Crippen molar-refractivity contribution >= 4 is 28.9 Å². The normalized spacial score (nSPS) is 19.9. The molecular formula is C11H14Cl2N2O. The van der Waals surface area contributed by atoms with Crippen LogP contribution in [0.2, 0.25) is 10.2 Å². The Morgan fingerprint density at radius 3 is 2.81 bits per heavy atom. The van der Waals surface area contributed by atoms with Crippen LogP contribution in [0, 0.1) is 5.41 Å². The van der Waals surface area contributed by atoms with Crippen LogP contribution in [-0.2, 0) is 4.84 Å². The van der Waals surface area contributed by atoms with Gasteiger partial charge in [-0.25, -0.2) is 4.98 Å². The summed E-state index contributed by atoms with van der Waals surface area (Å²) in [6.07, 6.45) is 2.73. The first-order valence-corrected chi connectivity index (χ1v) is 5.95. The fourth-order valence-corrected chi connectivity index (χ4v) is 1.92. The van der Waals surface area contributed by atoms with Crippen molar-refractivity contribution in [2.24, 2.45) is 5.41 Å². The van der Waals surface area contributed by atoms with E-state index in [4.69, 9.17) is 28.0 Å². The zero-order chi connectivity index (χ0) is 11.8. The van der Waals surface area contributed by atoms with Gasteiger partial charge in [0, 0.05) is 0 Å². The molecule has 3 nitrogen and oxygen atoms in total. The van der Waals surface area contributed by atoms with Gasteiger partial charge < -0.3 is 0 Å². The molecule has 1 saturated heterocycles. The average Bonchev–Trinajstić information content (AvgIpc) is 2.20. The number of hydrogen-bond acceptors (Lipinski definition) is 3. The van der Waals surface area contributed by atoms with Crippen molar-refractivity contribution in [1.29, 1.82) is 0 Å². The lowest BCUT2D eigenvalue weighted by molar-refractivity contribution is 0.0239. The Bertz CT molecular complexity index is 396. The number of anilines is 1. The summed E-state index contributed by atoms with van der Waals surface area (Å²) in [7, 11) is 0. The third-order valence-electron chi connectivity index (χ3n) is 2.67. The van der Waals surface area contributed by atoms with Gasteiger partial charge in [-0.2, -0.15) is 0 Å². The number of aromatic nitrogens is 1. The molecule has 0 N–H and O–H groups in total. The summed E-state index contributed by atoms with van der Waals surface area (Å²) >= 11 is 11.7. The molecule has 1 fully saturated rings. The van der Waals surface area contributed by atoms with Crippen LogP contribution in [0.25, 0.3) is 0 Å². The van der Waals surface area contributed by atoms with Gasteiger partial charge in [-0.15, -0.1) is 0 Å². The SMILES string of the molecule is CC1(C)CCON(c2cnc(Cl)c(Cl)c2)C1. The number of hydrogen-bond donors (Lipinski definition) is 0. The largest absolute Gasteiger partial charge is 0.273 e. The Labute approximate surface area is 105 Å². The Balaban J connectivity index is 2.20. The van der Waals surface area contributed by atoms with E-state index >= 15 is 0 Å². The van der Waals surface area contributed by atoms with Crippen molar-refractivity contribution in [3.63, 3.8) is 0 Å². The summed E-state index contributed by atoms with van der Waals surface area (Å²) < 4.78 is 0. The summed E-state index contributed by atoms with van der Waals surface area (Å²) in [6.45, 7) is 5.97. The van der Waals surface area contributed by atoms with Gasteiger partial charge in [0.15, 0.2) is 0 Å². The molecule has 88 valence electrons. The molecule has 1 aromatic heterocycles. The van der Waals surface area contributed by atoms with E-state index in [0.717, 1.165) is 18.7 Å². The van der Waals surface area contributed by atoms with Crippen molar-refractivity contribution < 1.29 is 4.84 Å². The Hall–Kier alpha value is -0.510. The molecule has 0 bridgehead atoms. The highest BCUT2D eigenvalue weighted by molar-refractivity contribution is 6.41. The second kappa shape index (κ2) is 4.40. The van der Waals surface area contributed by atoms with E-state index in [0.29, 0.717) is 16.8 Å². The van der Waals surface area contributed by atoms with Crippen LogP contribution in [0.1, 0.15) is 20.3 Å². The molecule has 1 aromatic rings. The molecule has 0 atom stereocenters. The lowest BCUT2D eigenvalue weighted by Crippen LogP contribution is -2.40. The molecular weight excluding hydrogens is 247 g/mol. The molecule has 2 rings (SSSR count). The van der Waals surface area contributed by atoms with E-state index in [2.05, 4.69) is 18.8 Å². The molecule has 1 aliphatic rings. The number of rotatable bonds is 1. The summed E-state index contributed by atoms with van der Waals surface area (Å²) in [5.41, 5.74) is 1.09. The van der Waals surface area contributed by atoms with E-state index in [1.165, 1.54) is 0 Å². The topological polar surface area (TPSA) is 25.4 Å². The molecule has 0 saturated carbocycles. The summed E-state index contributed by atoms with van der Waals surface area (Å²) in [5, 5.41) is 2.60. The molecule has 0 aliphatic carbocycles. The minimum atomic E-state index is 0.240. The molecule has 5 heteroatoms. The van der Waals surface area contributed by atoms with Crippen LogP contribution in [0.4, 0.5) is 5.69 Å². The monoisotopic (exact) mass is 260 g/mol. The molecule has 0 aromatic carbocycles. The van der Waals surface area contributed by atoms with Gasteiger partial charge in [0.05, 0.1) is 30.1 Å². The van der Waals surface area contributed by atoms with E-state index in [1.54, 1.807) is 12.3 Å². The summed E-state index contributed by atoms with van der Waals surface area (Å²) in [5.74, 6) is 0. The second-order valence-corrected chi connectivity index (χ2v) is 5.52. The van der Waals surface area contributed by atoms with E-state index < -0.39 is 0 Å². The fraction of sp³-hybridized carbons (Fsp3) is 0.545. The van der Waals surface area contributed by atoms with Crippen LogP contribution in [0.3, 0.4) is 0 Å². The van der Waals surface area contributed by atoms with Crippen LogP contribution >= 0.6 is 23.2 Å². The summed E-state index contributed by atoms with van der Waals surface area (Å²) in [6, 6.07) is 1.78. The van der Waals surface area contributed by atoms with E-state index in [-0.39, 0.29) is 5.41 Å². The van der Waals surface area contributed by atoms with Gasteiger partial charge in [0.25, 0.3) is 0 Å². The molecule has 16 heavy (non-hydrogen) atoms. The van der Waals surface area contributed by atoms with E-state index in [9.17, 15) is 0 Å². The van der Waals surface area contributed by atoms with Gasteiger partial charge in [0.1, 0.15) is 5.15 Å². The summed E-state index contributed by atoms with van der Waals surface area (Å²) in [4.78, 5) is 9.60. The van der Waals surface area contributed by atoms with Gasteiger partial charge in [0.2, 0.25) is 0 Å². The number of hydroxylamine groups is 1. The highest BCUT2D eigenvalue weighted by Gasteiger charge is 2.28. The number of halogens is 2. The molecule has 1 aliphatic heterocycles. The first-order chi connectivity index (χ1) is 7.48. The number of nitrogens with zero attached hydrogens (tertiary/aromatic N) is 2. The first kappa shape index (κ1) is 12.0. The van der Waals surface area contributed by atoms with Crippen LogP contribution in [0.15, 0.2) is 12.3 Å². The maximum Gasteiger partial charge on any atom is 0.147 e.